The highest BCUT2D eigenvalue weighted by Crippen LogP contribution is 2.32. The Morgan fingerprint density at radius 3 is 2.36 bits per heavy atom. The van der Waals surface area contributed by atoms with E-state index in [1.54, 1.807) is 0 Å². The van der Waals surface area contributed by atoms with Gasteiger partial charge in [-0.25, -0.2) is 0 Å². The first-order valence-electron chi connectivity index (χ1n) is 12.1. The van der Waals surface area contributed by atoms with E-state index >= 15 is 0 Å². The van der Waals surface area contributed by atoms with Gasteiger partial charge in [-0.15, -0.1) is 0 Å². The maximum atomic E-state index is 12.8. The summed E-state index contributed by atoms with van der Waals surface area (Å²) < 4.78 is 16.2. The lowest BCUT2D eigenvalue weighted by molar-refractivity contribution is -0.132. The maximum absolute atomic E-state index is 12.8. The second-order valence-corrected chi connectivity index (χ2v) is 9.01. The van der Waals surface area contributed by atoms with Crippen LogP contribution in [0.1, 0.15) is 11.1 Å². The van der Waals surface area contributed by atoms with Crippen LogP contribution in [-0.2, 0) is 17.8 Å². The van der Waals surface area contributed by atoms with Crippen LogP contribution in [-0.4, -0.2) is 58.8 Å². The molecule has 8 nitrogen and oxygen atoms in total. The van der Waals surface area contributed by atoms with Crippen molar-refractivity contribution < 1.29 is 18.8 Å². The Morgan fingerprint density at radius 2 is 1.56 bits per heavy atom. The molecule has 0 bridgehead atoms. The van der Waals surface area contributed by atoms with Gasteiger partial charge in [-0.3, -0.25) is 9.69 Å². The van der Waals surface area contributed by atoms with Gasteiger partial charge in [-0.2, -0.15) is 4.98 Å². The number of rotatable bonds is 6. The Bertz CT molecular complexity index is 1350. The molecule has 2 aliphatic heterocycles. The van der Waals surface area contributed by atoms with Crippen molar-refractivity contribution in [3.8, 4) is 34.3 Å². The highest BCUT2D eigenvalue weighted by Gasteiger charge is 2.22. The van der Waals surface area contributed by atoms with Gasteiger partial charge in [-0.05, 0) is 35.4 Å². The van der Waals surface area contributed by atoms with Crippen LogP contribution in [0.5, 0.6) is 11.5 Å². The van der Waals surface area contributed by atoms with Gasteiger partial charge >= 0.3 is 0 Å². The van der Waals surface area contributed by atoms with Crippen LogP contribution in [0, 0.1) is 0 Å². The van der Waals surface area contributed by atoms with Crippen molar-refractivity contribution in [1.29, 1.82) is 0 Å². The third-order valence-electron chi connectivity index (χ3n) is 6.58. The van der Waals surface area contributed by atoms with Crippen LogP contribution in [0.4, 0.5) is 0 Å². The monoisotopic (exact) mass is 482 g/mol. The number of fused-ring (bicyclic) bond motifs is 1. The number of nitrogens with zero attached hydrogens (tertiary/aromatic N) is 4. The molecule has 0 aliphatic carbocycles. The van der Waals surface area contributed by atoms with E-state index in [0.29, 0.717) is 23.9 Å². The van der Waals surface area contributed by atoms with Crippen molar-refractivity contribution in [2.24, 2.45) is 0 Å². The second kappa shape index (κ2) is 9.83. The topological polar surface area (TPSA) is 80.9 Å². The summed E-state index contributed by atoms with van der Waals surface area (Å²) in [6.07, 6.45) is 0.375. The molecule has 3 aromatic carbocycles. The van der Waals surface area contributed by atoms with Gasteiger partial charge in [0.1, 0.15) is 0 Å². The van der Waals surface area contributed by atoms with E-state index in [4.69, 9.17) is 14.0 Å². The molecule has 36 heavy (non-hydrogen) atoms. The van der Waals surface area contributed by atoms with Crippen LogP contribution in [0.3, 0.4) is 0 Å². The van der Waals surface area contributed by atoms with E-state index in [0.717, 1.165) is 55.2 Å². The molecular weight excluding hydrogens is 456 g/mol. The lowest BCUT2D eigenvalue weighted by Crippen LogP contribution is -2.48. The quantitative estimate of drug-likeness (QED) is 0.411. The molecule has 0 radical (unpaired) electrons. The standard InChI is InChI=1S/C28H26N4O4/c33-26(17-21-8-11-24-25(16-21)35-19-34-24)32-14-12-31(13-15-32)18-20-6-9-22(10-7-20)27-29-28(36-30-27)23-4-2-1-3-5-23/h1-11,16H,12-15,17-19H2. The van der Waals surface area contributed by atoms with Gasteiger partial charge in [0.2, 0.25) is 18.5 Å². The molecule has 0 atom stereocenters. The summed E-state index contributed by atoms with van der Waals surface area (Å²) in [5, 5.41) is 4.13. The summed E-state index contributed by atoms with van der Waals surface area (Å²) in [5.74, 6) is 2.69. The minimum atomic E-state index is 0.146. The van der Waals surface area contributed by atoms with E-state index in [2.05, 4.69) is 27.2 Å². The van der Waals surface area contributed by atoms with Crippen LogP contribution in [0.2, 0.25) is 0 Å². The van der Waals surface area contributed by atoms with E-state index in [-0.39, 0.29) is 12.7 Å². The fraction of sp³-hybridized carbons (Fsp3) is 0.250. The number of hydrogen-bond acceptors (Lipinski definition) is 7. The van der Waals surface area contributed by atoms with Gasteiger partial charge in [0.15, 0.2) is 11.5 Å². The van der Waals surface area contributed by atoms with E-state index in [9.17, 15) is 4.79 Å². The highest BCUT2D eigenvalue weighted by molar-refractivity contribution is 5.79. The Hall–Kier alpha value is -4.17. The molecule has 2 aliphatic rings. The number of piperazine rings is 1. The Morgan fingerprint density at radius 1 is 0.806 bits per heavy atom. The van der Waals surface area contributed by atoms with Crippen molar-refractivity contribution in [3.63, 3.8) is 0 Å². The first-order chi connectivity index (χ1) is 17.7. The maximum Gasteiger partial charge on any atom is 0.258 e. The summed E-state index contributed by atoms with van der Waals surface area (Å²) in [6, 6.07) is 23.7. The Balaban J connectivity index is 1.01. The predicted octanol–water partition coefficient (Wildman–Crippen LogP) is 4.02. The smallest absolute Gasteiger partial charge is 0.258 e. The fourth-order valence-electron chi connectivity index (χ4n) is 4.55. The molecule has 0 unspecified atom stereocenters. The summed E-state index contributed by atoms with van der Waals surface area (Å²) in [7, 11) is 0. The molecule has 6 rings (SSSR count). The molecular formula is C28H26N4O4. The number of benzene rings is 3. The van der Waals surface area contributed by atoms with Crippen molar-refractivity contribution in [2.45, 2.75) is 13.0 Å². The summed E-state index contributed by atoms with van der Waals surface area (Å²) in [4.78, 5) is 21.7. The molecule has 8 heteroatoms. The molecule has 1 amide bonds. The number of amides is 1. The highest BCUT2D eigenvalue weighted by atomic mass is 16.7. The SMILES string of the molecule is O=C(Cc1ccc2c(c1)OCO2)N1CCN(Cc2ccc(-c3noc(-c4ccccc4)n3)cc2)CC1. The average molecular weight is 483 g/mol. The van der Waals surface area contributed by atoms with Gasteiger partial charge in [0.25, 0.3) is 5.89 Å². The zero-order valence-corrected chi connectivity index (χ0v) is 19.8. The molecule has 0 spiro atoms. The summed E-state index contributed by atoms with van der Waals surface area (Å²) in [6.45, 7) is 4.23. The number of hydrogen-bond donors (Lipinski definition) is 0. The summed E-state index contributed by atoms with van der Waals surface area (Å²) >= 11 is 0. The van der Waals surface area contributed by atoms with Crippen molar-refractivity contribution in [2.75, 3.05) is 33.0 Å². The van der Waals surface area contributed by atoms with Gasteiger partial charge in [-0.1, -0.05) is 53.7 Å². The second-order valence-electron chi connectivity index (χ2n) is 9.01. The van der Waals surface area contributed by atoms with E-state index in [1.165, 1.54) is 5.56 Å². The number of ether oxygens (including phenoxy) is 2. The molecule has 4 aromatic rings. The lowest BCUT2D eigenvalue weighted by atomic mass is 10.1. The van der Waals surface area contributed by atoms with Gasteiger partial charge in [0.05, 0.1) is 6.42 Å². The first-order valence-corrected chi connectivity index (χ1v) is 12.1. The molecule has 0 N–H and O–H groups in total. The zero-order valence-electron chi connectivity index (χ0n) is 19.8. The molecule has 1 fully saturated rings. The van der Waals surface area contributed by atoms with Gasteiger partial charge in [0, 0.05) is 43.9 Å². The van der Waals surface area contributed by atoms with Crippen molar-refractivity contribution >= 4 is 5.91 Å². The molecule has 1 saturated heterocycles. The Labute approximate surface area is 209 Å². The van der Waals surface area contributed by atoms with Crippen molar-refractivity contribution in [1.82, 2.24) is 19.9 Å². The predicted molar refractivity (Wildman–Crippen MR) is 133 cm³/mol. The zero-order chi connectivity index (χ0) is 24.3. The first kappa shape index (κ1) is 22.3. The summed E-state index contributed by atoms with van der Waals surface area (Å²) in [5.41, 5.74) is 3.99. The van der Waals surface area contributed by atoms with Crippen LogP contribution < -0.4 is 9.47 Å². The molecule has 1 aromatic heterocycles. The molecule has 3 heterocycles. The Kier molecular flexibility index (Phi) is 6.09. The molecule has 182 valence electrons. The lowest BCUT2D eigenvalue weighted by Gasteiger charge is -2.35. The van der Waals surface area contributed by atoms with E-state index in [1.807, 2.05) is 65.6 Å². The normalized spacial score (nSPS) is 15.3. The number of aromatic nitrogens is 2. The number of carbonyl (C=O) groups excluding carboxylic acids is 1. The minimum absolute atomic E-state index is 0.146. The van der Waals surface area contributed by atoms with Crippen LogP contribution in [0.25, 0.3) is 22.8 Å². The largest absolute Gasteiger partial charge is 0.454 e. The van der Waals surface area contributed by atoms with Crippen LogP contribution >= 0.6 is 0 Å². The van der Waals surface area contributed by atoms with E-state index < -0.39 is 0 Å². The van der Waals surface area contributed by atoms with Gasteiger partial charge < -0.3 is 18.9 Å². The average Bonchev–Trinajstić information content (AvgIpc) is 3.60. The van der Waals surface area contributed by atoms with Crippen molar-refractivity contribution in [3.05, 3.63) is 83.9 Å². The van der Waals surface area contributed by atoms with Crippen LogP contribution in [0.15, 0.2) is 77.3 Å². The fourth-order valence-corrected chi connectivity index (χ4v) is 4.55. The minimum Gasteiger partial charge on any atom is -0.454 e. The number of carbonyl (C=O) groups is 1. The molecule has 0 saturated carbocycles. The third-order valence-corrected chi connectivity index (χ3v) is 6.58. The third kappa shape index (κ3) is 4.81.